The number of sulfonamides is 1. The number of hydrogen-bond donors (Lipinski definition) is 1. The molecule has 0 bridgehead atoms. The van der Waals surface area contributed by atoms with E-state index in [1.165, 1.54) is 52.7 Å². The molecule has 3 amide bonds. The van der Waals surface area contributed by atoms with Gasteiger partial charge in [-0.05, 0) is 42.8 Å². The molecular weight excluding hydrogens is 458 g/mol. The third-order valence-corrected chi connectivity index (χ3v) is 7.78. The number of rotatable bonds is 10. The predicted molar refractivity (Wildman–Crippen MR) is 128 cm³/mol. The summed E-state index contributed by atoms with van der Waals surface area (Å²) in [4.78, 5) is 39.4. The van der Waals surface area contributed by atoms with E-state index in [4.69, 9.17) is 4.74 Å². The molecule has 0 saturated heterocycles. The monoisotopic (exact) mass is 487 g/mol. The van der Waals surface area contributed by atoms with E-state index in [0.29, 0.717) is 26.1 Å². The number of fused-ring (bicyclic) bond motifs is 1. The molecule has 0 aromatic heterocycles. The molecule has 1 aliphatic rings. The Morgan fingerprint density at radius 3 is 2.29 bits per heavy atom. The van der Waals surface area contributed by atoms with Gasteiger partial charge in [-0.15, -0.1) is 0 Å². The first-order chi connectivity index (χ1) is 16.2. The molecule has 34 heavy (non-hydrogen) atoms. The molecule has 1 aliphatic heterocycles. The quantitative estimate of drug-likeness (QED) is 0.514. The van der Waals surface area contributed by atoms with E-state index in [1.807, 2.05) is 6.92 Å². The van der Waals surface area contributed by atoms with E-state index >= 15 is 0 Å². The number of amides is 3. The van der Waals surface area contributed by atoms with Crippen molar-refractivity contribution in [3.8, 4) is 5.75 Å². The molecule has 182 valence electrons. The van der Waals surface area contributed by atoms with Crippen molar-refractivity contribution in [2.45, 2.75) is 38.5 Å². The third kappa shape index (κ3) is 4.69. The summed E-state index contributed by atoms with van der Waals surface area (Å²) in [5, 5.41) is 2.67. The minimum absolute atomic E-state index is 0.0218. The zero-order valence-corrected chi connectivity index (χ0v) is 20.6. The van der Waals surface area contributed by atoms with Crippen LogP contribution in [0, 0.1) is 0 Å². The molecule has 0 radical (unpaired) electrons. The molecule has 9 nitrogen and oxygen atoms in total. The molecule has 1 heterocycles. The Hall–Kier alpha value is -3.24. The maximum absolute atomic E-state index is 13.0. The Morgan fingerprint density at radius 1 is 1.00 bits per heavy atom. The summed E-state index contributed by atoms with van der Waals surface area (Å²) in [6.45, 7) is 6.41. The van der Waals surface area contributed by atoms with Crippen LogP contribution >= 0.6 is 0 Å². The van der Waals surface area contributed by atoms with Crippen LogP contribution in [-0.2, 0) is 10.0 Å². The van der Waals surface area contributed by atoms with Crippen LogP contribution in [0.5, 0.6) is 5.75 Å². The van der Waals surface area contributed by atoms with Crippen molar-refractivity contribution in [3.05, 3.63) is 53.1 Å². The SMILES string of the molecule is CCCCN1C(=O)c2ccc(C(=O)Nc3cc(S(=O)(=O)N(CC)CC)ccc3OC)cc2C1=O. The highest BCUT2D eigenvalue weighted by atomic mass is 32.2. The Balaban J connectivity index is 1.90. The highest BCUT2D eigenvalue weighted by molar-refractivity contribution is 7.89. The molecule has 2 aromatic rings. The fraction of sp³-hybridized carbons (Fsp3) is 0.375. The number of carbonyl (C=O) groups is 3. The lowest BCUT2D eigenvalue weighted by Gasteiger charge is -2.19. The minimum Gasteiger partial charge on any atom is -0.495 e. The van der Waals surface area contributed by atoms with Crippen LogP contribution in [0.1, 0.15) is 64.7 Å². The van der Waals surface area contributed by atoms with E-state index in [9.17, 15) is 22.8 Å². The van der Waals surface area contributed by atoms with Crippen molar-refractivity contribution in [2.24, 2.45) is 0 Å². The topological polar surface area (TPSA) is 113 Å². The van der Waals surface area contributed by atoms with Gasteiger partial charge in [-0.3, -0.25) is 19.3 Å². The van der Waals surface area contributed by atoms with E-state index in [0.717, 1.165) is 6.42 Å². The van der Waals surface area contributed by atoms with Crippen molar-refractivity contribution in [1.82, 2.24) is 9.21 Å². The van der Waals surface area contributed by atoms with E-state index in [-0.39, 0.29) is 38.9 Å². The molecule has 0 fully saturated rings. The summed E-state index contributed by atoms with van der Waals surface area (Å²) in [6, 6.07) is 8.56. The van der Waals surface area contributed by atoms with E-state index in [2.05, 4.69) is 5.32 Å². The molecule has 10 heteroatoms. The summed E-state index contributed by atoms with van der Waals surface area (Å²) in [7, 11) is -2.33. The zero-order valence-electron chi connectivity index (χ0n) is 19.8. The smallest absolute Gasteiger partial charge is 0.261 e. The number of ether oxygens (including phenoxy) is 1. The summed E-state index contributed by atoms with van der Waals surface area (Å²) in [5.74, 6) is -1.07. The second-order valence-electron chi connectivity index (χ2n) is 7.78. The Labute approximate surface area is 199 Å². The van der Waals surface area contributed by atoms with Gasteiger partial charge in [0.05, 0.1) is 28.8 Å². The van der Waals surface area contributed by atoms with Crippen molar-refractivity contribution >= 4 is 33.4 Å². The number of carbonyl (C=O) groups excluding carboxylic acids is 3. The standard InChI is InChI=1S/C24H29N3O6S/c1-5-8-13-27-23(29)18-11-9-16(14-19(18)24(27)30)22(28)25-20-15-17(10-12-21(20)33-4)34(31,32)26(6-2)7-3/h9-12,14-15H,5-8,13H2,1-4H3,(H,25,28). The third-order valence-electron chi connectivity index (χ3n) is 5.73. The maximum Gasteiger partial charge on any atom is 0.261 e. The van der Waals surface area contributed by atoms with Gasteiger partial charge in [0.1, 0.15) is 5.75 Å². The zero-order chi connectivity index (χ0) is 25.0. The van der Waals surface area contributed by atoms with Crippen molar-refractivity contribution < 1.29 is 27.5 Å². The second kappa shape index (κ2) is 10.4. The normalized spacial score (nSPS) is 13.4. The van der Waals surface area contributed by atoms with Gasteiger partial charge in [-0.2, -0.15) is 4.31 Å². The molecule has 0 spiro atoms. The number of nitrogens with zero attached hydrogens (tertiary/aromatic N) is 2. The lowest BCUT2D eigenvalue weighted by Crippen LogP contribution is -2.30. The number of methoxy groups -OCH3 is 1. The number of anilines is 1. The van der Waals surface area contributed by atoms with E-state index < -0.39 is 21.8 Å². The highest BCUT2D eigenvalue weighted by Crippen LogP contribution is 2.30. The van der Waals surface area contributed by atoms with Crippen LogP contribution < -0.4 is 10.1 Å². The summed E-state index contributed by atoms with van der Waals surface area (Å²) >= 11 is 0. The van der Waals surface area contributed by atoms with Gasteiger partial charge in [-0.1, -0.05) is 27.2 Å². The van der Waals surface area contributed by atoms with Crippen LogP contribution in [-0.4, -0.2) is 62.1 Å². The molecule has 0 atom stereocenters. The second-order valence-corrected chi connectivity index (χ2v) is 9.72. The maximum atomic E-state index is 13.0. The fourth-order valence-electron chi connectivity index (χ4n) is 3.80. The lowest BCUT2D eigenvalue weighted by atomic mass is 10.1. The van der Waals surface area contributed by atoms with Crippen molar-refractivity contribution in [1.29, 1.82) is 0 Å². The molecule has 0 unspecified atom stereocenters. The largest absolute Gasteiger partial charge is 0.495 e. The van der Waals surface area contributed by atoms with Gasteiger partial charge in [-0.25, -0.2) is 8.42 Å². The molecule has 2 aromatic carbocycles. The molecule has 0 aliphatic carbocycles. The lowest BCUT2D eigenvalue weighted by molar-refractivity contribution is 0.0652. The van der Waals surface area contributed by atoms with E-state index in [1.54, 1.807) is 13.8 Å². The minimum atomic E-state index is -3.75. The average molecular weight is 488 g/mol. The van der Waals surface area contributed by atoms with Gasteiger partial charge >= 0.3 is 0 Å². The predicted octanol–water partition coefficient (Wildman–Crippen LogP) is 3.37. The molecule has 0 saturated carbocycles. The number of unbranched alkanes of at least 4 members (excludes halogenated alkanes) is 1. The first-order valence-electron chi connectivity index (χ1n) is 11.2. The average Bonchev–Trinajstić information content (AvgIpc) is 3.07. The first kappa shape index (κ1) is 25.4. The van der Waals surface area contributed by atoms with Gasteiger partial charge in [0.2, 0.25) is 10.0 Å². The van der Waals surface area contributed by atoms with Crippen LogP contribution in [0.4, 0.5) is 5.69 Å². The number of nitrogens with one attached hydrogen (secondary N) is 1. The fourth-order valence-corrected chi connectivity index (χ4v) is 5.29. The van der Waals surface area contributed by atoms with Gasteiger partial charge < -0.3 is 10.1 Å². The van der Waals surface area contributed by atoms with Crippen LogP contribution in [0.2, 0.25) is 0 Å². The Bertz CT molecular complexity index is 1220. The number of imide groups is 1. The van der Waals surface area contributed by atoms with Gasteiger partial charge in [0.15, 0.2) is 0 Å². The molecule has 1 N–H and O–H groups in total. The summed E-state index contributed by atoms with van der Waals surface area (Å²) in [6.07, 6.45) is 1.54. The molecule has 3 rings (SSSR count). The van der Waals surface area contributed by atoms with Crippen molar-refractivity contribution in [3.63, 3.8) is 0 Å². The van der Waals surface area contributed by atoms with Crippen molar-refractivity contribution in [2.75, 3.05) is 32.1 Å². The highest BCUT2D eigenvalue weighted by Gasteiger charge is 2.35. The first-order valence-corrected chi connectivity index (χ1v) is 12.6. The molecular formula is C24H29N3O6S. The Kier molecular flexibility index (Phi) is 7.73. The summed E-state index contributed by atoms with van der Waals surface area (Å²) in [5.41, 5.74) is 0.783. The number of benzene rings is 2. The van der Waals surface area contributed by atoms with Crippen LogP contribution in [0.25, 0.3) is 0 Å². The summed E-state index contributed by atoms with van der Waals surface area (Å²) < 4.78 is 32.4. The van der Waals surface area contributed by atoms with Gasteiger partial charge in [0.25, 0.3) is 17.7 Å². The van der Waals surface area contributed by atoms with Gasteiger partial charge in [0, 0.05) is 25.2 Å². The van der Waals surface area contributed by atoms with Crippen LogP contribution in [0.3, 0.4) is 0 Å². The van der Waals surface area contributed by atoms with Crippen LogP contribution in [0.15, 0.2) is 41.3 Å². The Morgan fingerprint density at radius 2 is 1.68 bits per heavy atom. The number of hydrogen-bond acceptors (Lipinski definition) is 6.